The molecule has 0 bridgehead atoms. The molecule has 3 heteroatoms. The fourth-order valence-electron chi connectivity index (χ4n) is 1.99. The molecule has 2 rings (SSSR count). The number of rotatable bonds is 3. The van der Waals surface area contributed by atoms with Crippen LogP contribution >= 0.6 is 0 Å². The third-order valence-corrected chi connectivity index (χ3v) is 2.89. The van der Waals surface area contributed by atoms with Crippen molar-refractivity contribution in [3.05, 3.63) is 35.1 Å². The van der Waals surface area contributed by atoms with E-state index in [-0.39, 0.29) is 12.4 Å². The van der Waals surface area contributed by atoms with Crippen molar-refractivity contribution in [3.63, 3.8) is 0 Å². The van der Waals surface area contributed by atoms with Crippen molar-refractivity contribution in [2.24, 2.45) is 5.92 Å². The SMILES string of the molecule is Cc1ccc(F)c(CN2CC(CO)C2)c1. The molecule has 0 amide bonds. The maximum absolute atomic E-state index is 13.4. The Hall–Kier alpha value is -0.930. The number of aliphatic hydroxyl groups is 1. The average Bonchev–Trinajstić information content (AvgIpc) is 2.16. The number of aliphatic hydroxyl groups excluding tert-OH is 1. The first-order valence-corrected chi connectivity index (χ1v) is 5.27. The van der Waals surface area contributed by atoms with Gasteiger partial charge >= 0.3 is 0 Å². The molecule has 0 saturated carbocycles. The second-order valence-corrected chi connectivity index (χ2v) is 4.34. The molecule has 1 saturated heterocycles. The predicted octanol–water partition coefficient (Wildman–Crippen LogP) is 1.56. The molecule has 1 aromatic carbocycles. The molecular formula is C12H16FNO. The summed E-state index contributed by atoms with van der Waals surface area (Å²) < 4.78 is 13.4. The van der Waals surface area contributed by atoms with Crippen molar-refractivity contribution in [2.75, 3.05) is 19.7 Å². The standard InChI is InChI=1S/C12H16FNO/c1-9-2-3-12(13)11(4-9)7-14-5-10(6-14)8-15/h2-4,10,15H,5-8H2,1H3. The average molecular weight is 209 g/mol. The minimum atomic E-state index is -0.131. The highest BCUT2D eigenvalue weighted by Gasteiger charge is 2.26. The first kappa shape index (κ1) is 10.6. The first-order valence-electron chi connectivity index (χ1n) is 5.27. The molecule has 0 radical (unpaired) electrons. The van der Waals surface area contributed by atoms with E-state index in [4.69, 9.17) is 5.11 Å². The Morgan fingerprint density at radius 2 is 2.20 bits per heavy atom. The van der Waals surface area contributed by atoms with Gasteiger partial charge in [0, 0.05) is 37.7 Å². The van der Waals surface area contributed by atoms with Gasteiger partial charge in [-0.1, -0.05) is 17.7 Å². The van der Waals surface area contributed by atoms with E-state index in [1.807, 2.05) is 13.0 Å². The molecule has 0 spiro atoms. The molecule has 1 heterocycles. The second kappa shape index (κ2) is 4.29. The molecule has 0 unspecified atom stereocenters. The Balaban J connectivity index is 1.97. The molecule has 0 atom stereocenters. The molecule has 2 nitrogen and oxygen atoms in total. The minimum Gasteiger partial charge on any atom is -0.396 e. The smallest absolute Gasteiger partial charge is 0.127 e. The van der Waals surface area contributed by atoms with E-state index in [1.165, 1.54) is 6.07 Å². The van der Waals surface area contributed by atoms with Crippen molar-refractivity contribution in [3.8, 4) is 0 Å². The molecule has 1 fully saturated rings. The summed E-state index contributed by atoms with van der Waals surface area (Å²) in [5.41, 5.74) is 1.84. The third-order valence-electron chi connectivity index (χ3n) is 2.89. The van der Waals surface area contributed by atoms with Gasteiger partial charge < -0.3 is 5.11 Å². The monoisotopic (exact) mass is 209 g/mol. The lowest BCUT2D eigenvalue weighted by atomic mass is 10.00. The molecule has 1 aromatic rings. The van der Waals surface area contributed by atoms with Gasteiger partial charge in [0.15, 0.2) is 0 Å². The van der Waals surface area contributed by atoms with Crippen LogP contribution in [0.15, 0.2) is 18.2 Å². The number of hydrogen-bond donors (Lipinski definition) is 1. The van der Waals surface area contributed by atoms with Gasteiger partial charge in [-0.2, -0.15) is 0 Å². The van der Waals surface area contributed by atoms with Gasteiger partial charge in [0.25, 0.3) is 0 Å². The summed E-state index contributed by atoms with van der Waals surface area (Å²) >= 11 is 0. The highest BCUT2D eigenvalue weighted by molar-refractivity contribution is 5.24. The summed E-state index contributed by atoms with van der Waals surface area (Å²) in [7, 11) is 0. The fraction of sp³-hybridized carbons (Fsp3) is 0.500. The van der Waals surface area contributed by atoms with Crippen molar-refractivity contribution in [1.82, 2.24) is 4.90 Å². The van der Waals surface area contributed by atoms with Crippen molar-refractivity contribution < 1.29 is 9.50 Å². The van der Waals surface area contributed by atoms with Crippen LogP contribution in [0.5, 0.6) is 0 Å². The molecule has 1 N–H and O–H groups in total. The maximum atomic E-state index is 13.4. The Morgan fingerprint density at radius 3 is 2.87 bits per heavy atom. The van der Waals surface area contributed by atoms with Gasteiger partial charge in [-0.15, -0.1) is 0 Å². The zero-order chi connectivity index (χ0) is 10.8. The maximum Gasteiger partial charge on any atom is 0.127 e. The lowest BCUT2D eigenvalue weighted by Gasteiger charge is -2.38. The van der Waals surface area contributed by atoms with Gasteiger partial charge in [0.1, 0.15) is 5.82 Å². The topological polar surface area (TPSA) is 23.5 Å². The number of nitrogens with zero attached hydrogens (tertiary/aromatic N) is 1. The van der Waals surface area contributed by atoms with E-state index in [2.05, 4.69) is 4.90 Å². The van der Waals surface area contributed by atoms with Gasteiger partial charge in [0.2, 0.25) is 0 Å². The van der Waals surface area contributed by atoms with Crippen LogP contribution in [0.3, 0.4) is 0 Å². The highest BCUT2D eigenvalue weighted by Crippen LogP contribution is 2.20. The second-order valence-electron chi connectivity index (χ2n) is 4.34. The largest absolute Gasteiger partial charge is 0.396 e. The normalized spacial score (nSPS) is 17.8. The lowest BCUT2D eigenvalue weighted by Crippen LogP contribution is -2.47. The predicted molar refractivity (Wildman–Crippen MR) is 57.0 cm³/mol. The Morgan fingerprint density at radius 1 is 1.47 bits per heavy atom. The van der Waals surface area contributed by atoms with Crippen LogP contribution in [0.25, 0.3) is 0 Å². The van der Waals surface area contributed by atoms with Crippen LogP contribution in [-0.4, -0.2) is 29.7 Å². The van der Waals surface area contributed by atoms with Gasteiger partial charge in [0.05, 0.1) is 0 Å². The van der Waals surface area contributed by atoms with Crippen LogP contribution in [-0.2, 0) is 6.54 Å². The number of halogens is 1. The molecule has 0 aromatic heterocycles. The lowest BCUT2D eigenvalue weighted by molar-refractivity contribution is 0.0471. The summed E-state index contributed by atoms with van der Waals surface area (Å²) in [5.74, 6) is 0.255. The number of aryl methyl sites for hydroxylation is 1. The molecule has 1 aliphatic rings. The highest BCUT2D eigenvalue weighted by atomic mass is 19.1. The number of likely N-dealkylation sites (tertiary alicyclic amines) is 1. The summed E-state index contributed by atoms with van der Waals surface area (Å²) in [6.45, 7) is 4.63. The molecule has 15 heavy (non-hydrogen) atoms. The van der Waals surface area contributed by atoms with Crippen LogP contribution in [0, 0.1) is 18.7 Å². The molecule has 0 aliphatic carbocycles. The molecule has 1 aliphatic heterocycles. The number of hydrogen-bond acceptors (Lipinski definition) is 2. The van der Waals surface area contributed by atoms with Crippen LogP contribution in [0.4, 0.5) is 4.39 Å². The van der Waals surface area contributed by atoms with E-state index in [9.17, 15) is 4.39 Å². The zero-order valence-corrected chi connectivity index (χ0v) is 8.91. The third kappa shape index (κ3) is 2.36. The van der Waals surface area contributed by atoms with Crippen molar-refractivity contribution >= 4 is 0 Å². The van der Waals surface area contributed by atoms with E-state index in [1.54, 1.807) is 6.07 Å². The van der Waals surface area contributed by atoms with Crippen molar-refractivity contribution in [2.45, 2.75) is 13.5 Å². The van der Waals surface area contributed by atoms with Crippen molar-refractivity contribution in [1.29, 1.82) is 0 Å². The van der Waals surface area contributed by atoms with Crippen LogP contribution < -0.4 is 0 Å². The number of benzene rings is 1. The van der Waals surface area contributed by atoms with Gasteiger partial charge in [-0.25, -0.2) is 4.39 Å². The fourth-order valence-corrected chi connectivity index (χ4v) is 1.99. The summed E-state index contributed by atoms with van der Waals surface area (Å²) in [6.07, 6.45) is 0. The Kier molecular flexibility index (Phi) is 3.03. The minimum absolute atomic E-state index is 0.131. The van der Waals surface area contributed by atoms with E-state index in [0.29, 0.717) is 12.5 Å². The van der Waals surface area contributed by atoms with Gasteiger partial charge in [-0.3, -0.25) is 4.90 Å². The quantitative estimate of drug-likeness (QED) is 0.816. The first-order chi connectivity index (χ1) is 7.19. The van der Waals surface area contributed by atoms with Gasteiger partial charge in [-0.05, 0) is 13.0 Å². The van der Waals surface area contributed by atoms with E-state index in [0.717, 1.165) is 24.2 Å². The summed E-state index contributed by atoms with van der Waals surface area (Å²) in [5, 5.41) is 8.87. The zero-order valence-electron chi connectivity index (χ0n) is 8.91. The summed E-state index contributed by atoms with van der Waals surface area (Å²) in [4.78, 5) is 2.15. The molecular weight excluding hydrogens is 193 g/mol. The van der Waals surface area contributed by atoms with E-state index < -0.39 is 0 Å². The van der Waals surface area contributed by atoms with E-state index >= 15 is 0 Å². The van der Waals surface area contributed by atoms with Crippen LogP contribution in [0.2, 0.25) is 0 Å². The Bertz CT molecular complexity index is 347. The Labute approximate surface area is 89.3 Å². The van der Waals surface area contributed by atoms with Crippen LogP contribution in [0.1, 0.15) is 11.1 Å². The summed E-state index contributed by atoms with van der Waals surface area (Å²) in [6, 6.07) is 5.20. The molecule has 82 valence electrons.